The van der Waals surface area contributed by atoms with E-state index < -0.39 is 0 Å². The number of rotatable bonds is 5. The summed E-state index contributed by atoms with van der Waals surface area (Å²) in [6, 6.07) is 6.09. The molecule has 1 aromatic carbocycles. The Hall–Kier alpha value is -2.32. The number of benzene rings is 1. The van der Waals surface area contributed by atoms with Gasteiger partial charge in [0.05, 0.1) is 13.2 Å². The van der Waals surface area contributed by atoms with Gasteiger partial charge in [-0.25, -0.2) is 4.39 Å². The fourth-order valence-electron chi connectivity index (χ4n) is 2.65. The van der Waals surface area contributed by atoms with Gasteiger partial charge in [0.1, 0.15) is 18.2 Å². The van der Waals surface area contributed by atoms with Crippen molar-refractivity contribution < 1.29 is 13.9 Å². The lowest BCUT2D eigenvalue weighted by molar-refractivity contribution is -0.124. The molecule has 7 nitrogen and oxygen atoms in total. The lowest BCUT2D eigenvalue weighted by Gasteiger charge is -2.31. The number of carbonyl (C=O) groups excluding carboxylic acids is 1. The molecule has 8 heteroatoms. The van der Waals surface area contributed by atoms with Gasteiger partial charge >= 0.3 is 0 Å². The van der Waals surface area contributed by atoms with Crippen LogP contribution in [0.5, 0.6) is 0 Å². The first kappa shape index (κ1) is 16.5. The third kappa shape index (κ3) is 4.15. The van der Waals surface area contributed by atoms with E-state index in [-0.39, 0.29) is 17.8 Å². The van der Waals surface area contributed by atoms with E-state index in [4.69, 9.17) is 4.74 Å². The molecule has 24 heavy (non-hydrogen) atoms. The van der Waals surface area contributed by atoms with Gasteiger partial charge in [-0.2, -0.15) is 0 Å². The van der Waals surface area contributed by atoms with E-state index in [1.165, 1.54) is 12.1 Å². The van der Waals surface area contributed by atoms with Crippen molar-refractivity contribution in [2.24, 2.45) is 7.05 Å². The van der Waals surface area contributed by atoms with Gasteiger partial charge < -0.3 is 14.6 Å². The van der Waals surface area contributed by atoms with Crippen LogP contribution in [0.15, 0.2) is 30.6 Å². The molecule has 0 aliphatic carbocycles. The maximum atomic E-state index is 12.9. The van der Waals surface area contributed by atoms with E-state index in [0.717, 1.165) is 11.4 Å². The molecule has 1 aliphatic heterocycles. The average molecular weight is 333 g/mol. The molecule has 3 rings (SSSR count). The molecule has 1 aromatic heterocycles. The predicted molar refractivity (Wildman–Crippen MR) is 84.4 cm³/mol. The second-order valence-corrected chi connectivity index (χ2v) is 5.80. The summed E-state index contributed by atoms with van der Waals surface area (Å²) in [5, 5.41) is 10.8. The molecule has 0 saturated carbocycles. The number of ether oxygens (including phenoxy) is 1. The third-order valence-electron chi connectivity index (χ3n) is 3.96. The van der Waals surface area contributed by atoms with Gasteiger partial charge in [-0.05, 0) is 17.7 Å². The Labute approximate surface area is 139 Å². The van der Waals surface area contributed by atoms with Crippen molar-refractivity contribution in [1.82, 2.24) is 25.0 Å². The average Bonchev–Trinajstić information content (AvgIpc) is 3.01. The molecular weight excluding hydrogens is 313 g/mol. The molecule has 1 aliphatic rings. The van der Waals surface area contributed by atoms with Crippen LogP contribution in [0.25, 0.3) is 0 Å². The molecule has 2 aromatic rings. The number of hydrogen-bond donors (Lipinski definition) is 1. The second-order valence-electron chi connectivity index (χ2n) is 5.80. The summed E-state index contributed by atoms with van der Waals surface area (Å²) >= 11 is 0. The quantitative estimate of drug-likeness (QED) is 0.870. The number of morpholine rings is 1. The molecule has 2 heterocycles. The fourth-order valence-corrected chi connectivity index (χ4v) is 2.65. The standard InChI is InChI=1S/C16H20FN5O2/c1-21-11-19-20-16(21)14-9-22(6-7-24-14)10-15(23)18-8-12-2-4-13(17)5-3-12/h2-5,11,14H,6-10H2,1H3,(H,18,23)/t14-/m1/s1. The smallest absolute Gasteiger partial charge is 0.234 e. The van der Waals surface area contributed by atoms with Gasteiger partial charge in [0, 0.05) is 26.7 Å². The SMILES string of the molecule is Cn1cnnc1[C@H]1CN(CC(=O)NCc2ccc(F)cc2)CCO1. The summed E-state index contributed by atoms with van der Waals surface area (Å²) in [6.07, 6.45) is 1.45. The monoisotopic (exact) mass is 333 g/mol. The van der Waals surface area contributed by atoms with Crippen molar-refractivity contribution in [3.8, 4) is 0 Å². The van der Waals surface area contributed by atoms with Crippen LogP contribution in [0.2, 0.25) is 0 Å². The molecule has 0 bridgehead atoms. The number of carbonyl (C=O) groups is 1. The number of nitrogens with one attached hydrogen (secondary N) is 1. The topological polar surface area (TPSA) is 72.3 Å². The molecule has 0 spiro atoms. The van der Waals surface area contributed by atoms with Crippen LogP contribution < -0.4 is 5.32 Å². The lowest BCUT2D eigenvalue weighted by Crippen LogP contribution is -2.44. The Morgan fingerprint density at radius 2 is 2.21 bits per heavy atom. The molecule has 0 radical (unpaired) electrons. The van der Waals surface area contributed by atoms with Gasteiger partial charge in [0.2, 0.25) is 5.91 Å². The summed E-state index contributed by atoms with van der Waals surface area (Å²) in [5.74, 6) is 0.401. The van der Waals surface area contributed by atoms with E-state index in [1.54, 1.807) is 18.5 Å². The number of aryl methyl sites for hydroxylation is 1. The molecule has 1 atom stereocenters. The largest absolute Gasteiger partial charge is 0.368 e. The minimum absolute atomic E-state index is 0.0714. The summed E-state index contributed by atoms with van der Waals surface area (Å²) in [7, 11) is 1.87. The maximum absolute atomic E-state index is 12.9. The predicted octanol–water partition coefficient (Wildman–Crippen LogP) is 0.644. The first-order valence-corrected chi connectivity index (χ1v) is 7.81. The Morgan fingerprint density at radius 1 is 1.42 bits per heavy atom. The van der Waals surface area contributed by atoms with Crippen LogP contribution in [0.4, 0.5) is 4.39 Å². The molecule has 1 N–H and O–H groups in total. The van der Waals surface area contributed by atoms with Crippen molar-refractivity contribution in [1.29, 1.82) is 0 Å². The highest BCUT2D eigenvalue weighted by atomic mass is 19.1. The summed E-state index contributed by atoms with van der Waals surface area (Å²) < 4.78 is 20.4. The highest BCUT2D eigenvalue weighted by molar-refractivity contribution is 5.78. The second kappa shape index (κ2) is 7.50. The zero-order chi connectivity index (χ0) is 16.9. The molecule has 1 saturated heterocycles. The van der Waals surface area contributed by atoms with Crippen molar-refractivity contribution >= 4 is 5.91 Å². The van der Waals surface area contributed by atoms with Gasteiger partial charge in [0.25, 0.3) is 0 Å². The molecular formula is C16H20FN5O2. The van der Waals surface area contributed by atoms with Gasteiger partial charge in [-0.3, -0.25) is 9.69 Å². The Bertz CT molecular complexity index is 688. The highest BCUT2D eigenvalue weighted by Gasteiger charge is 2.26. The van der Waals surface area contributed by atoms with E-state index in [9.17, 15) is 9.18 Å². The van der Waals surface area contributed by atoms with Crippen LogP contribution in [0.1, 0.15) is 17.5 Å². The minimum atomic E-state index is -0.284. The van der Waals surface area contributed by atoms with Crippen molar-refractivity contribution in [2.45, 2.75) is 12.6 Å². The third-order valence-corrected chi connectivity index (χ3v) is 3.96. The number of nitrogens with zero attached hydrogens (tertiary/aromatic N) is 4. The zero-order valence-electron chi connectivity index (χ0n) is 13.5. The van der Waals surface area contributed by atoms with E-state index in [0.29, 0.717) is 32.8 Å². The van der Waals surface area contributed by atoms with Crippen molar-refractivity contribution in [2.75, 3.05) is 26.2 Å². The number of halogens is 1. The molecule has 1 amide bonds. The number of amides is 1. The van der Waals surface area contributed by atoms with Gasteiger partial charge in [-0.15, -0.1) is 10.2 Å². The summed E-state index contributed by atoms with van der Waals surface area (Å²) in [6.45, 7) is 2.51. The van der Waals surface area contributed by atoms with E-state index in [1.807, 2.05) is 16.5 Å². The summed E-state index contributed by atoms with van der Waals surface area (Å²) in [5.41, 5.74) is 0.865. The zero-order valence-corrected chi connectivity index (χ0v) is 13.5. The maximum Gasteiger partial charge on any atom is 0.234 e. The highest BCUT2D eigenvalue weighted by Crippen LogP contribution is 2.19. The van der Waals surface area contributed by atoms with E-state index >= 15 is 0 Å². The number of aromatic nitrogens is 3. The van der Waals surface area contributed by atoms with Crippen LogP contribution >= 0.6 is 0 Å². The normalized spacial score (nSPS) is 18.5. The summed E-state index contributed by atoms with van der Waals surface area (Å²) in [4.78, 5) is 14.1. The van der Waals surface area contributed by atoms with Gasteiger partial charge in [-0.1, -0.05) is 12.1 Å². The minimum Gasteiger partial charge on any atom is -0.368 e. The number of hydrogen-bond acceptors (Lipinski definition) is 5. The first-order chi connectivity index (χ1) is 11.6. The first-order valence-electron chi connectivity index (χ1n) is 7.81. The Balaban J connectivity index is 1.49. The van der Waals surface area contributed by atoms with Gasteiger partial charge in [0.15, 0.2) is 5.82 Å². The van der Waals surface area contributed by atoms with Crippen molar-refractivity contribution in [3.05, 3.63) is 47.8 Å². The molecule has 0 unspecified atom stereocenters. The van der Waals surface area contributed by atoms with Crippen LogP contribution in [-0.2, 0) is 23.1 Å². The lowest BCUT2D eigenvalue weighted by atomic mass is 10.2. The molecule has 128 valence electrons. The molecule has 1 fully saturated rings. The fraction of sp³-hybridized carbons (Fsp3) is 0.438. The van der Waals surface area contributed by atoms with Crippen molar-refractivity contribution in [3.63, 3.8) is 0 Å². The van der Waals surface area contributed by atoms with E-state index in [2.05, 4.69) is 15.5 Å². The van der Waals surface area contributed by atoms with Crippen LogP contribution in [-0.4, -0.2) is 51.8 Å². The Kier molecular flexibility index (Phi) is 5.17. The van der Waals surface area contributed by atoms with Crippen LogP contribution in [0, 0.1) is 5.82 Å². The Morgan fingerprint density at radius 3 is 2.92 bits per heavy atom. The van der Waals surface area contributed by atoms with Crippen LogP contribution in [0.3, 0.4) is 0 Å².